The normalized spacial score (nSPS) is 20.0. The van der Waals surface area contributed by atoms with Gasteiger partial charge in [0.15, 0.2) is 6.23 Å². The smallest absolute Gasteiger partial charge is 0.351 e. The predicted molar refractivity (Wildman–Crippen MR) is 234 cm³/mol. The fourth-order valence-corrected chi connectivity index (χ4v) is 9.84. The SMILES string of the molecule is COc1ccc(C(OCC23CO[C@H]([C@H](n4ccc(NC(=O)c5ccccc5)nc4=O)O2)[C@H]3OP(OCCC#N)N(C(C)C)C(C)C)(c2ccccc2)c2ccc(OC)cc2)cc1. The number of nitriles is 1. The van der Waals surface area contributed by atoms with Crippen molar-refractivity contribution >= 4 is 20.3 Å². The molecule has 15 heteroatoms. The number of carbonyl (C=O) groups is 1. The van der Waals surface area contributed by atoms with E-state index < -0.39 is 49.8 Å². The van der Waals surface area contributed by atoms with Crippen LogP contribution < -0.4 is 20.5 Å². The minimum absolute atomic E-state index is 0.00780. The van der Waals surface area contributed by atoms with Crippen LogP contribution in [0.25, 0.3) is 0 Å². The summed E-state index contributed by atoms with van der Waals surface area (Å²) in [6, 6.07) is 37.8. The number of nitrogens with one attached hydrogen (secondary N) is 1. The van der Waals surface area contributed by atoms with Gasteiger partial charge < -0.3 is 38.0 Å². The van der Waals surface area contributed by atoms with Crippen LogP contribution >= 0.6 is 8.53 Å². The van der Waals surface area contributed by atoms with E-state index in [1.165, 1.54) is 10.8 Å². The summed E-state index contributed by atoms with van der Waals surface area (Å²) in [5.41, 5.74) is -0.286. The Morgan fingerprint density at radius 3 is 2.03 bits per heavy atom. The van der Waals surface area contributed by atoms with E-state index in [0.29, 0.717) is 17.1 Å². The second-order valence-electron chi connectivity index (χ2n) is 15.5. The van der Waals surface area contributed by atoms with Crippen molar-refractivity contribution in [3.05, 3.63) is 154 Å². The van der Waals surface area contributed by atoms with Gasteiger partial charge in [0.25, 0.3) is 14.4 Å². The molecule has 2 bridgehead atoms. The Labute approximate surface area is 363 Å². The van der Waals surface area contributed by atoms with Gasteiger partial charge in [0, 0.05) is 23.8 Å². The highest BCUT2D eigenvalue weighted by molar-refractivity contribution is 7.44. The third kappa shape index (κ3) is 9.16. The van der Waals surface area contributed by atoms with Crippen molar-refractivity contribution in [3.63, 3.8) is 0 Å². The van der Waals surface area contributed by atoms with E-state index in [1.54, 1.807) is 44.6 Å². The monoisotopic (exact) mass is 861 g/mol. The highest BCUT2D eigenvalue weighted by atomic mass is 31.2. The average Bonchev–Trinajstić information content (AvgIpc) is 3.78. The molecule has 1 amide bonds. The number of ether oxygens (including phenoxy) is 5. The van der Waals surface area contributed by atoms with Crippen LogP contribution in [0.5, 0.6) is 11.5 Å². The molecule has 0 radical (unpaired) electrons. The van der Waals surface area contributed by atoms with E-state index in [9.17, 15) is 14.9 Å². The number of carbonyl (C=O) groups excluding carboxylic acids is 1. The highest BCUT2D eigenvalue weighted by Gasteiger charge is 2.65. The maximum Gasteiger partial charge on any atom is 0.351 e. The molecule has 2 fully saturated rings. The Morgan fingerprint density at radius 2 is 1.48 bits per heavy atom. The topological polar surface area (TPSA) is 156 Å². The summed E-state index contributed by atoms with van der Waals surface area (Å²) in [4.78, 5) is 31.1. The summed E-state index contributed by atoms with van der Waals surface area (Å²) in [7, 11) is 1.45. The van der Waals surface area contributed by atoms with Crippen LogP contribution in [0, 0.1) is 11.3 Å². The largest absolute Gasteiger partial charge is 0.497 e. The zero-order valence-corrected chi connectivity index (χ0v) is 36.6. The molecule has 0 spiro atoms. The molecule has 7 rings (SSSR count). The maximum absolute atomic E-state index is 13.9. The van der Waals surface area contributed by atoms with Gasteiger partial charge in [-0.05, 0) is 86.8 Å². The molecule has 2 aliphatic heterocycles. The van der Waals surface area contributed by atoms with E-state index in [-0.39, 0.29) is 44.1 Å². The van der Waals surface area contributed by atoms with Gasteiger partial charge in [-0.2, -0.15) is 10.2 Å². The van der Waals surface area contributed by atoms with Crippen molar-refractivity contribution in [3.8, 4) is 17.6 Å². The minimum Gasteiger partial charge on any atom is -0.497 e. The summed E-state index contributed by atoms with van der Waals surface area (Å²) in [6.45, 7) is 8.38. The summed E-state index contributed by atoms with van der Waals surface area (Å²) < 4.78 is 49.1. The van der Waals surface area contributed by atoms with Crippen molar-refractivity contribution in [2.75, 3.05) is 39.4 Å². The van der Waals surface area contributed by atoms with E-state index in [2.05, 4.69) is 48.7 Å². The Hall–Kier alpha value is -5.49. The lowest BCUT2D eigenvalue weighted by Crippen LogP contribution is -2.49. The summed E-state index contributed by atoms with van der Waals surface area (Å²) in [5, 5.41) is 12.2. The van der Waals surface area contributed by atoms with Gasteiger partial charge in [0.1, 0.15) is 40.7 Å². The first-order valence-corrected chi connectivity index (χ1v) is 21.6. The molecule has 62 heavy (non-hydrogen) atoms. The summed E-state index contributed by atoms with van der Waals surface area (Å²) in [6.07, 6.45) is -0.958. The first-order chi connectivity index (χ1) is 30.0. The fourth-order valence-electron chi connectivity index (χ4n) is 8.03. The van der Waals surface area contributed by atoms with Crippen molar-refractivity contribution in [1.82, 2.24) is 14.2 Å². The second kappa shape index (κ2) is 19.7. The van der Waals surface area contributed by atoms with Crippen LogP contribution in [-0.4, -0.2) is 84.1 Å². The first-order valence-electron chi connectivity index (χ1n) is 20.5. The minimum atomic E-state index is -1.80. The van der Waals surface area contributed by atoms with Crippen LogP contribution in [0.4, 0.5) is 5.82 Å². The van der Waals surface area contributed by atoms with E-state index in [0.717, 1.165) is 16.7 Å². The zero-order chi connectivity index (χ0) is 43.9. The molecule has 0 saturated carbocycles. The molecular weight excluding hydrogens is 810 g/mol. The number of nitrogens with zero attached hydrogens (tertiary/aromatic N) is 4. The number of fused-ring (bicyclic) bond motifs is 2. The predicted octanol–water partition coefficient (Wildman–Crippen LogP) is 7.85. The van der Waals surface area contributed by atoms with Gasteiger partial charge in [0.05, 0.1) is 46.5 Å². The number of hydrogen-bond acceptors (Lipinski definition) is 12. The van der Waals surface area contributed by atoms with Crippen LogP contribution in [0.2, 0.25) is 0 Å². The molecular formula is C47H52N5O9P. The number of anilines is 1. The Balaban J connectivity index is 1.31. The van der Waals surface area contributed by atoms with Crippen LogP contribution in [0.3, 0.4) is 0 Å². The van der Waals surface area contributed by atoms with Crippen LogP contribution in [0.1, 0.15) is 67.4 Å². The number of rotatable bonds is 19. The lowest BCUT2D eigenvalue weighted by Gasteiger charge is -2.41. The van der Waals surface area contributed by atoms with Gasteiger partial charge in [-0.25, -0.2) is 9.46 Å². The molecule has 14 nitrogen and oxygen atoms in total. The number of aromatic nitrogens is 2. The van der Waals surface area contributed by atoms with Gasteiger partial charge in [-0.1, -0.05) is 72.8 Å². The lowest BCUT2D eigenvalue weighted by atomic mass is 9.79. The van der Waals surface area contributed by atoms with Gasteiger partial charge in [-0.3, -0.25) is 9.36 Å². The standard InChI is InChI=1S/C47H52N5O9P/c1-32(2)52(33(3)4)62(59-29-13-27-48)61-42-41-44(51-28-26-40(50-45(51)54)49-43(53)34-14-9-7-10-15-34)60-46(42,30-57-41)31-58-47(35-16-11-8-12-17-35,36-18-22-38(55-5)23-19-36)37-20-24-39(56-6)25-21-37/h7-12,14-26,28,32-33,41-42,44H,13,29-31H2,1-6H3,(H,49,50,53,54)/t41-,42+,44+,46?,62?/m0/s1. The third-order valence-electron chi connectivity index (χ3n) is 10.9. The van der Waals surface area contributed by atoms with Gasteiger partial charge >= 0.3 is 5.69 Å². The number of hydrogen-bond donors (Lipinski definition) is 1. The molecule has 0 aliphatic carbocycles. The van der Waals surface area contributed by atoms with Crippen LogP contribution in [-0.2, 0) is 28.9 Å². The summed E-state index contributed by atoms with van der Waals surface area (Å²) in [5.74, 6) is 1.04. The molecule has 1 N–H and O–H groups in total. The average molecular weight is 862 g/mol. The van der Waals surface area contributed by atoms with Gasteiger partial charge in [-0.15, -0.1) is 0 Å². The number of amides is 1. The fraction of sp³-hybridized carbons (Fsp3) is 0.362. The molecule has 2 unspecified atom stereocenters. The zero-order valence-electron chi connectivity index (χ0n) is 35.7. The van der Waals surface area contributed by atoms with E-state index in [4.69, 9.17) is 32.7 Å². The van der Waals surface area contributed by atoms with Crippen molar-refractivity contribution in [2.24, 2.45) is 0 Å². The third-order valence-corrected chi connectivity index (χ3v) is 13.0. The lowest BCUT2D eigenvalue weighted by molar-refractivity contribution is -0.203. The van der Waals surface area contributed by atoms with Crippen molar-refractivity contribution in [1.29, 1.82) is 5.26 Å². The molecule has 5 atom stereocenters. The quantitative estimate of drug-likeness (QED) is 0.0488. The highest BCUT2D eigenvalue weighted by Crippen LogP contribution is 2.56. The maximum atomic E-state index is 13.9. The van der Waals surface area contributed by atoms with Crippen molar-refractivity contribution in [2.45, 2.75) is 75.8 Å². The second-order valence-corrected chi connectivity index (χ2v) is 16.9. The molecule has 324 valence electrons. The Kier molecular flexibility index (Phi) is 14.2. The van der Waals surface area contributed by atoms with Gasteiger partial charge in [0.2, 0.25) is 0 Å². The molecule has 4 aromatic carbocycles. The molecule has 1 aromatic heterocycles. The van der Waals surface area contributed by atoms with Crippen molar-refractivity contribution < 1.29 is 37.5 Å². The Morgan fingerprint density at radius 1 is 0.903 bits per heavy atom. The van der Waals surface area contributed by atoms with E-state index >= 15 is 0 Å². The molecule has 2 aliphatic rings. The Bertz CT molecular complexity index is 2310. The van der Waals surface area contributed by atoms with Crippen LogP contribution in [0.15, 0.2) is 126 Å². The van der Waals surface area contributed by atoms with E-state index in [1.807, 2.05) is 84.9 Å². The molecule has 5 aromatic rings. The number of methoxy groups -OCH3 is 2. The number of benzene rings is 4. The molecule has 3 heterocycles. The molecule has 2 saturated heterocycles. The first kappa shape index (κ1) is 44.6. The summed E-state index contributed by atoms with van der Waals surface area (Å²) >= 11 is 0.